The summed E-state index contributed by atoms with van der Waals surface area (Å²) < 4.78 is 30.1. The summed E-state index contributed by atoms with van der Waals surface area (Å²) in [5.74, 6) is 0. The molecule has 0 saturated carbocycles. The Labute approximate surface area is 158 Å². The number of halogens is 1. The first kappa shape index (κ1) is 18.5. The highest BCUT2D eigenvalue weighted by molar-refractivity contribution is 7.92. The normalized spacial score (nSPS) is 11.6. The molecule has 0 unspecified atom stereocenters. The van der Waals surface area contributed by atoms with Gasteiger partial charge in [0.05, 0.1) is 22.8 Å². The van der Waals surface area contributed by atoms with E-state index in [-0.39, 0.29) is 4.90 Å². The van der Waals surface area contributed by atoms with Crippen LogP contribution in [0.4, 0.5) is 5.69 Å². The molecule has 136 valence electrons. The van der Waals surface area contributed by atoms with Crippen LogP contribution in [0.2, 0.25) is 5.02 Å². The average Bonchev–Trinajstić information content (AvgIpc) is 2.87. The van der Waals surface area contributed by atoms with E-state index in [9.17, 15) is 8.42 Å². The SMILES string of the molecule is Cc1ccc(-n2nc(C)c(S(=O)(=O)Nc3ccc(C)c(Cl)c3)c2C)cc1. The van der Waals surface area contributed by atoms with E-state index >= 15 is 0 Å². The zero-order chi connectivity index (χ0) is 19.1. The molecule has 0 aliphatic carbocycles. The van der Waals surface area contributed by atoms with Gasteiger partial charge in [0.25, 0.3) is 10.0 Å². The Morgan fingerprint density at radius 3 is 2.27 bits per heavy atom. The molecule has 5 nitrogen and oxygen atoms in total. The number of nitrogens with zero attached hydrogens (tertiary/aromatic N) is 2. The van der Waals surface area contributed by atoms with Gasteiger partial charge < -0.3 is 0 Å². The summed E-state index contributed by atoms with van der Waals surface area (Å²) >= 11 is 6.10. The third-order valence-corrected chi connectivity index (χ3v) is 6.24. The quantitative estimate of drug-likeness (QED) is 0.711. The molecule has 0 bridgehead atoms. The highest BCUT2D eigenvalue weighted by Gasteiger charge is 2.25. The number of hydrogen-bond donors (Lipinski definition) is 1. The van der Waals surface area contributed by atoms with Crippen molar-refractivity contribution in [2.45, 2.75) is 32.6 Å². The Kier molecular flexibility index (Phi) is 4.82. The molecule has 0 saturated heterocycles. The predicted octanol–water partition coefficient (Wildman–Crippen LogP) is 4.56. The van der Waals surface area contributed by atoms with Gasteiger partial charge in [-0.1, -0.05) is 35.4 Å². The molecule has 1 heterocycles. The second-order valence-corrected chi connectivity index (χ2v) is 8.34. The van der Waals surface area contributed by atoms with Gasteiger partial charge in [-0.15, -0.1) is 0 Å². The molecule has 0 aliphatic heterocycles. The van der Waals surface area contributed by atoms with Crippen LogP contribution >= 0.6 is 11.6 Å². The van der Waals surface area contributed by atoms with Crippen molar-refractivity contribution in [3.8, 4) is 5.69 Å². The van der Waals surface area contributed by atoms with Crippen LogP contribution in [-0.4, -0.2) is 18.2 Å². The van der Waals surface area contributed by atoms with E-state index in [2.05, 4.69) is 9.82 Å². The Bertz CT molecular complexity index is 1070. The summed E-state index contributed by atoms with van der Waals surface area (Å²) in [5, 5.41) is 4.93. The Balaban J connectivity index is 2.02. The van der Waals surface area contributed by atoms with E-state index in [1.807, 2.05) is 38.1 Å². The van der Waals surface area contributed by atoms with Gasteiger partial charge in [0.2, 0.25) is 0 Å². The molecule has 2 aromatic carbocycles. The predicted molar refractivity (Wildman–Crippen MR) is 105 cm³/mol. The van der Waals surface area contributed by atoms with Crippen molar-refractivity contribution in [1.29, 1.82) is 0 Å². The first-order chi connectivity index (χ1) is 12.2. The summed E-state index contributed by atoms with van der Waals surface area (Å²) in [4.78, 5) is 0.176. The van der Waals surface area contributed by atoms with Crippen molar-refractivity contribution in [3.05, 3.63) is 70.0 Å². The van der Waals surface area contributed by atoms with Gasteiger partial charge in [-0.2, -0.15) is 5.10 Å². The van der Waals surface area contributed by atoms with Crippen LogP contribution in [0.25, 0.3) is 5.69 Å². The van der Waals surface area contributed by atoms with Gasteiger partial charge in [0.1, 0.15) is 4.90 Å². The third kappa shape index (κ3) is 3.48. The van der Waals surface area contributed by atoms with E-state index < -0.39 is 10.0 Å². The molecule has 0 atom stereocenters. The topological polar surface area (TPSA) is 64.0 Å². The molecule has 1 N–H and O–H groups in total. The van der Waals surface area contributed by atoms with Crippen LogP contribution in [0.5, 0.6) is 0 Å². The summed E-state index contributed by atoms with van der Waals surface area (Å²) in [7, 11) is -3.79. The van der Waals surface area contributed by atoms with Crippen molar-refractivity contribution >= 4 is 27.3 Å². The molecule has 7 heteroatoms. The number of hydrogen-bond acceptors (Lipinski definition) is 3. The van der Waals surface area contributed by atoms with Crippen LogP contribution in [0, 0.1) is 27.7 Å². The highest BCUT2D eigenvalue weighted by atomic mass is 35.5. The van der Waals surface area contributed by atoms with Crippen molar-refractivity contribution in [2.24, 2.45) is 0 Å². The molecular formula is C19H20ClN3O2S. The van der Waals surface area contributed by atoms with Gasteiger partial charge in [-0.25, -0.2) is 13.1 Å². The van der Waals surface area contributed by atoms with Gasteiger partial charge in [-0.3, -0.25) is 4.72 Å². The van der Waals surface area contributed by atoms with Crippen molar-refractivity contribution in [2.75, 3.05) is 4.72 Å². The lowest BCUT2D eigenvalue weighted by Crippen LogP contribution is -2.15. The summed E-state index contributed by atoms with van der Waals surface area (Å²) in [6, 6.07) is 12.8. The molecule has 3 aromatic rings. The number of rotatable bonds is 4. The van der Waals surface area contributed by atoms with Crippen LogP contribution in [0.15, 0.2) is 47.4 Å². The molecule has 1 aromatic heterocycles. The largest absolute Gasteiger partial charge is 0.279 e. The van der Waals surface area contributed by atoms with Crippen LogP contribution < -0.4 is 4.72 Å². The molecule has 0 spiro atoms. The highest BCUT2D eigenvalue weighted by Crippen LogP contribution is 2.27. The minimum absolute atomic E-state index is 0.176. The summed E-state index contributed by atoms with van der Waals surface area (Å²) in [6.07, 6.45) is 0. The molecule has 3 rings (SSSR count). The number of sulfonamides is 1. The average molecular weight is 390 g/mol. The second-order valence-electron chi connectivity index (χ2n) is 6.32. The lowest BCUT2D eigenvalue weighted by molar-refractivity contribution is 0.600. The van der Waals surface area contributed by atoms with Gasteiger partial charge in [0, 0.05) is 5.02 Å². The second kappa shape index (κ2) is 6.78. The zero-order valence-corrected chi connectivity index (χ0v) is 16.6. The van der Waals surface area contributed by atoms with Gasteiger partial charge in [-0.05, 0) is 57.5 Å². The summed E-state index contributed by atoms with van der Waals surface area (Å²) in [6.45, 7) is 7.29. The fourth-order valence-corrected chi connectivity index (χ4v) is 4.44. The number of aromatic nitrogens is 2. The van der Waals surface area contributed by atoms with E-state index in [0.29, 0.717) is 22.1 Å². The minimum Gasteiger partial charge on any atom is -0.279 e. The smallest absolute Gasteiger partial charge is 0.265 e. The Hall–Kier alpha value is -2.31. The molecule has 0 radical (unpaired) electrons. The number of aryl methyl sites for hydroxylation is 3. The first-order valence-electron chi connectivity index (χ1n) is 8.11. The van der Waals surface area contributed by atoms with Gasteiger partial charge in [0.15, 0.2) is 0 Å². The number of anilines is 1. The zero-order valence-electron chi connectivity index (χ0n) is 15.0. The maximum atomic E-state index is 12.9. The van der Waals surface area contributed by atoms with Crippen molar-refractivity contribution in [3.63, 3.8) is 0 Å². The van der Waals surface area contributed by atoms with Crippen LogP contribution in [-0.2, 0) is 10.0 Å². The van der Waals surface area contributed by atoms with E-state index in [4.69, 9.17) is 11.6 Å². The summed E-state index contributed by atoms with van der Waals surface area (Å²) in [5.41, 5.74) is 4.24. The van der Waals surface area contributed by atoms with E-state index in [1.165, 1.54) is 0 Å². The van der Waals surface area contributed by atoms with Crippen molar-refractivity contribution < 1.29 is 8.42 Å². The third-order valence-electron chi connectivity index (χ3n) is 4.20. The molecule has 26 heavy (non-hydrogen) atoms. The van der Waals surface area contributed by atoms with Crippen LogP contribution in [0.1, 0.15) is 22.5 Å². The Morgan fingerprint density at radius 2 is 1.65 bits per heavy atom. The van der Waals surface area contributed by atoms with Crippen molar-refractivity contribution in [1.82, 2.24) is 9.78 Å². The standard InChI is InChI=1S/C19H20ClN3O2S/c1-12-5-9-17(10-6-12)23-15(4)19(14(3)21-23)26(24,25)22-16-8-7-13(2)18(20)11-16/h5-11,22H,1-4H3. The molecule has 0 fully saturated rings. The van der Waals surface area contributed by atoms with E-state index in [0.717, 1.165) is 16.8 Å². The lowest BCUT2D eigenvalue weighted by Gasteiger charge is -2.10. The molecule has 0 aliphatic rings. The van der Waals surface area contributed by atoms with Crippen LogP contribution in [0.3, 0.4) is 0 Å². The Morgan fingerprint density at radius 1 is 1.00 bits per heavy atom. The number of benzene rings is 2. The fourth-order valence-electron chi connectivity index (χ4n) is 2.82. The minimum atomic E-state index is -3.79. The maximum Gasteiger partial charge on any atom is 0.265 e. The maximum absolute atomic E-state index is 12.9. The first-order valence-corrected chi connectivity index (χ1v) is 9.97. The molecule has 0 amide bonds. The van der Waals surface area contributed by atoms with Gasteiger partial charge >= 0.3 is 0 Å². The monoisotopic (exact) mass is 389 g/mol. The number of nitrogens with one attached hydrogen (secondary N) is 1. The molecular weight excluding hydrogens is 370 g/mol. The fraction of sp³-hybridized carbons (Fsp3) is 0.211. The van der Waals surface area contributed by atoms with E-state index in [1.54, 1.807) is 36.7 Å². The lowest BCUT2D eigenvalue weighted by atomic mass is 10.2.